The van der Waals surface area contributed by atoms with E-state index in [0.717, 1.165) is 0 Å². The zero-order valence-corrected chi connectivity index (χ0v) is 19.0. The molecule has 0 aromatic heterocycles. The van der Waals surface area contributed by atoms with E-state index in [1.807, 2.05) is 0 Å². The third-order valence-corrected chi connectivity index (χ3v) is 3.82. The second-order valence-corrected chi connectivity index (χ2v) is 6.01. The van der Waals surface area contributed by atoms with Crippen molar-refractivity contribution in [3.63, 3.8) is 0 Å². The monoisotopic (exact) mass is 426 g/mol. The Kier molecular flexibility index (Phi) is 32.0. The Bertz CT molecular complexity index is 241. The first-order valence-electron chi connectivity index (χ1n) is 9.09. The number of hydrogen-bond acceptors (Lipinski definition) is 6. The second-order valence-electron chi connectivity index (χ2n) is 5.43. The van der Waals surface area contributed by atoms with Gasteiger partial charge in [-0.1, -0.05) is 75.7 Å². The first kappa shape index (κ1) is 30.1. The molecule has 2 rings (SSSR count). The molecule has 2 aliphatic rings. The fourth-order valence-corrected chi connectivity index (χ4v) is 2.34. The molecule has 0 N–H and O–H groups in total. The maximum atomic E-state index is 10.1. The van der Waals surface area contributed by atoms with Gasteiger partial charge in [0.2, 0.25) is 0 Å². The molecule has 4 nitrogen and oxygen atoms in total. The Hall–Kier alpha value is 0.354. The third-order valence-electron chi connectivity index (χ3n) is 3.35. The molecule has 2 aliphatic carbocycles. The first-order valence-corrected chi connectivity index (χ1v) is 10.2. The summed E-state index contributed by atoms with van der Waals surface area (Å²) >= 11 is 8.73. The molecule has 0 aromatic rings. The minimum absolute atomic E-state index is 0. The molecule has 0 bridgehead atoms. The summed E-state index contributed by atoms with van der Waals surface area (Å²) in [7, 11) is 0. The van der Waals surface area contributed by atoms with E-state index in [4.69, 9.17) is 0 Å². The molecule has 0 radical (unpaired) electrons. The number of esters is 2. The molecule has 7 heteroatoms. The van der Waals surface area contributed by atoms with Crippen molar-refractivity contribution in [1.29, 1.82) is 0 Å². The summed E-state index contributed by atoms with van der Waals surface area (Å²) in [5.74, 6) is -0.489. The van der Waals surface area contributed by atoms with Gasteiger partial charge in [-0.15, -0.1) is 0 Å². The van der Waals surface area contributed by atoms with Crippen LogP contribution in [0, 0.1) is 0 Å². The minimum Gasteiger partial charge on any atom is -0.782 e. The molecule has 144 valence electrons. The molecule has 0 amide bonds. The van der Waals surface area contributed by atoms with Gasteiger partial charge in [0.15, 0.2) is 0 Å². The Morgan fingerprint density at radius 3 is 0.920 bits per heavy atom. The van der Waals surface area contributed by atoms with Crippen LogP contribution in [0.2, 0.25) is 0 Å². The Morgan fingerprint density at radius 2 is 0.840 bits per heavy atom. The van der Waals surface area contributed by atoms with Crippen LogP contribution in [0.15, 0.2) is 0 Å². The van der Waals surface area contributed by atoms with Gasteiger partial charge in [-0.2, -0.15) is 0 Å². The van der Waals surface area contributed by atoms with Crippen LogP contribution in [0.1, 0.15) is 78.1 Å². The van der Waals surface area contributed by atoms with Crippen molar-refractivity contribution in [1.82, 2.24) is 0 Å². The summed E-state index contributed by atoms with van der Waals surface area (Å²) < 4.78 is 8.90. The Balaban J connectivity index is -0.000000257. The fraction of sp³-hybridized carbons (Fsp3) is 0.889. The summed E-state index contributed by atoms with van der Waals surface area (Å²) in [5.41, 5.74) is 0. The molecule has 0 spiro atoms. The van der Waals surface area contributed by atoms with Crippen molar-refractivity contribution in [2.24, 2.45) is 0 Å². The van der Waals surface area contributed by atoms with Crippen LogP contribution in [0.5, 0.6) is 0 Å². The average molecular weight is 426 g/mol. The summed E-state index contributed by atoms with van der Waals surface area (Å²) in [6.07, 6.45) is 15.0. The molecule has 2 fully saturated rings. The molecule has 0 atom stereocenters. The van der Waals surface area contributed by atoms with Crippen molar-refractivity contribution in [2.75, 3.05) is 24.7 Å². The van der Waals surface area contributed by atoms with Crippen LogP contribution in [-0.4, -0.2) is 36.7 Å². The number of rotatable bonds is 4. The van der Waals surface area contributed by atoms with Crippen LogP contribution in [-0.2, 0) is 66.0 Å². The molecule has 0 saturated heterocycles. The van der Waals surface area contributed by atoms with E-state index in [1.165, 1.54) is 64.2 Å². The molecule has 0 heterocycles. The minimum atomic E-state index is -0.308. The third kappa shape index (κ3) is 29.4. The van der Waals surface area contributed by atoms with Crippen molar-refractivity contribution in [3.8, 4) is 0 Å². The number of carbonyl (C=O) groups excluding carboxylic acids is 2. The zero-order chi connectivity index (χ0) is 18.5. The summed E-state index contributed by atoms with van der Waals surface area (Å²) in [4.78, 5) is 20.2. The summed E-state index contributed by atoms with van der Waals surface area (Å²) in [6, 6.07) is 0. The van der Waals surface area contributed by atoms with Gasteiger partial charge in [-0.05, 0) is 13.8 Å². The number of hydrogen-bond donors (Lipinski definition) is 0. The van der Waals surface area contributed by atoms with E-state index in [1.54, 1.807) is 13.8 Å². The van der Waals surface area contributed by atoms with Crippen LogP contribution < -0.4 is 0 Å². The summed E-state index contributed by atoms with van der Waals surface area (Å²) in [6.45, 7) is 4.36. The van der Waals surface area contributed by atoms with Crippen molar-refractivity contribution < 1.29 is 40.8 Å². The van der Waals surface area contributed by atoms with Gasteiger partial charge in [0, 0.05) is 0 Å². The zero-order valence-electron chi connectivity index (χ0n) is 15.8. The predicted molar refractivity (Wildman–Crippen MR) is 104 cm³/mol. The van der Waals surface area contributed by atoms with Gasteiger partial charge in [0.05, 0.1) is 13.2 Å². The molecular formula is C18H34O4S2Ti+2. The van der Waals surface area contributed by atoms with Crippen molar-refractivity contribution in [2.45, 2.75) is 78.1 Å². The van der Waals surface area contributed by atoms with Crippen molar-refractivity contribution >= 4 is 37.2 Å². The SMILES string of the molecule is C1CCCC1.C1CCCC1.CCOC(=O)C[S-].CCOC(=O)C[S-].[Ti+4]. The molecule has 25 heavy (non-hydrogen) atoms. The standard InChI is InChI=1S/2C5H10.2C4H8O2S.Ti/c2*1-2-4-5-3-1;2*1-2-6-4(5)3-7;/h2*1-5H2;2*7H,2-3H2,1H3;/q;;;;+4/p-2. The van der Waals surface area contributed by atoms with E-state index >= 15 is 0 Å². The quantitative estimate of drug-likeness (QED) is 0.383. The van der Waals surface area contributed by atoms with Crippen molar-refractivity contribution in [3.05, 3.63) is 0 Å². The Morgan fingerprint density at radius 1 is 0.640 bits per heavy atom. The van der Waals surface area contributed by atoms with E-state index in [0.29, 0.717) is 13.2 Å². The van der Waals surface area contributed by atoms with Gasteiger partial charge >= 0.3 is 21.7 Å². The van der Waals surface area contributed by atoms with Crippen LogP contribution >= 0.6 is 0 Å². The normalized spacial score (nSPS) is 14.2. The van der Waals surface area contributed by atoms with E-state index in [9.17, 15) is 9.59 Å². The van der Waals surface area contributed by atoms with Gasteiger partial charge in [0.1, 0.15) is 0 Å². The van der Waals surface area contributed by atoms with Crippen LogP contribution in [0.4, 0.5) is 0 Å². The van der Waals surface area contributed by atoms with E-state index < -0.39 is 0 Å². The van der Waals surface area contributed by atoms with Gasteiger partial charge in [-0.3, -0.25) is 9.59 Å². The van der Waals surface area contributed by atoms with E-state index in [2.05, 4.69) is 34.7 Å². The molecular weight excluding hydrogens is 392 g/mol. The van der Waals surface area contributed by atoms with E-state index in [-0.39, 0.29) is 45.2 Å². The summed E-state index contributed by atoms with van der Waals surface area (Å²) in [5, 5.41) is 0. The van der Waals surface area contributed by atoms with Gasteiger partial charge in [0.25, 0.3) is 11.9 Å². The largest absolute Gasteiger partial charge is 4.00 e. The smallest absolute Gasteiger partial charge is 0.782 e. The molecule has 0 aromatic carbocycles. The van der Waals surface area contributed by atoms with Crippen LogP contribution in [0.3, 0.4) is 0 Å². The maximum Gasteiger partial charge on any atom is 4.00 e. The van der Waals surface area contributed by atoms with Gasteiger partial charge < -0.3 is 34.7 Å². The number of carbonyl (C=O) groups is 2. The molecule has 2 saturated carbocycles. The topological polar surface area (TPSA) is 52.6 Å². The fourth-order valence-electron chi connectivity index (χ4n) is 2.17. The molecule has 0 unspecified atom stereocenters. The van der Waals surface area contributed by atoms with Gasteiger partial charge in [-0.25, -0.2) is 0 Å². The average Bonchev–Trinajstić information content (AvgIpc) is 3.33. The Labute approximate surface area is 180 Å². The first-order chi connectivity index (χ1) is 11.6. The maximum absolute atomic E-state index is 10.1. The number of ether oxygens (including phenoxy) is 2. The molecule has 0 aliphatic heterocycles. The second kappa shape index (κ2) is 26.6. The van der Waals surface area contributed by atoms with Crippen LogP contribution in [0.25, 0.3) is 0 Å². The predicted octanol–water partition coefficient (Wildman–Crippen LogP) is 4.09.